The van der Waals surface area contributed by atoms with Crippen molar-refractivity contribution in [3.63, 3.8) is 0 Å². The fraction of sp³-hybridized carbons (Fsp3) is 0.370. The predicted molar refractivity (Wildman–Crippen MR) is 134 cm³/mol. The van der Waals surface area contributed by atoms with Gasteiger partial charge in [-0.05, 0) is 68.1 Å². The highest BCUT2D eigenvalue weighted by Gasteiger charge is 2.27. The number of anilines is 2. The van der Waals surface area contributed by atoms with Crippen molar-refractivity contribution in [3.05, 3.63) is 72.1 Å². The molecular weight excluding hydrogens is 460 g/mol. The van der Waals surface area contributed by atoms with Gasteiger partial charge >= 0.3 is 0 Å². The Morgan fingerprint density at radius 3 is 2.11 bits per heavy atom. The minimum atomic E-state index is -0.369. The van der Waals surface area contributed by atoms with Crippen LogP contribution in [0.15, 0.2) is 63.8 Å². The molecule has 1 N–H and O–H groups in total. The van der Waals surface area contributed by atoms with E-state index in [-0.39, 0.29) is 23.5 Å². The maximum atomic E-state index is 13.6. The molecule has 3 aromatic rings. The van der Waals surface area contributed by atoms with E-state index in [0.29, 0.717) is 43.2 Å². The van der Waals surface area contributed by atoms with E-state index in [0.717, 1.165) is 44.5 Å². The van der Waals surface area contributed by atoms with Crippen LogP contribution >= 0.6 is 0 Å². The number of nitrogens with one attached hydrogen (secondary N) is 1. The van der Waals surface area contributed by atoms with Crippen molar-refractivity contribution in [2.45, 2.75) is 25.7 Å². The van der Waals surface area contributed by atoms with E-state index in [9.17, 15) is 14.4 Å². The van der Waals surface area contributed by atoms with Crippen LogP contribution in [0.4, 0.5) is 11.4 Å². The lowest BCUT2D eigenvalue weighted by Crippen LogP contribution is -2.38. The van der Waals surface area contributed by atoms with Gasteiger partial charge in [0.25, 0.3) is 17.7 Å². The van der Waals surface area contributed by atoms with Crippen LogP contribution < -0.4 is 10.2 Å². The van der Waals surface area contributed by atoms with E-state index in [1.165, 1.54) is 12.5 Å². The number of nitrogens with zero attached hydrogens (tertiary/aromatic N) is 3. The number of amides is 3. The summed E-state index contributed by atoms with van der Waals surface area (Å²) in [5.41, 5.74) is 1.90. The number of hydrogen-bond donors (Lipinski definition) is 1. The Balaban J connectivity index is 1.38. The molecule has 2 aromatic heterocycles. The Morgan fingerprint density at radius 1 is 0.694 bits per heavy atom. The van der Waals surface area contributed by atoms with Crippen LogP contribution in [-0.4, -0.2) is 66.8 Å². The summed E-state index contributed by atoms with van der Waals surface area (Å²) < 4.78 is 10.5. The van der Waals surface area contributed by atoms with E-state index in [2.05, 4.69) is 10.2 Å². The van der Waals surface area contributed by atoms with Crippen LogP contribution in [0.2, 0.25) is 0 Å². The number of likely N-dealkylation sites (tertiary alicyclic amines) is 1. The fourth-order valence-corrected chi connectivity index (χ4v) is 4.85. The van der Waals surface area contributed by atoms with Gasteiger partial charge in [-0.3, -0.25) is 14.4 Å². The lowest BCUT2D eigenvalue weighted by molar-refractivity contribution is 0.0720. The molecule has 0 saturated carbocycles. The number of rotatable bonds is 5. The van der Waals surface area contributed by atoms with Gasteiger partial charge in [-0.2, -0.15) is 0 Å². The number of piperidine rings is 1. The van der Waals surface area contributed by atoms with Crippen LogP contribution in [0.25, 0.3) is 0 Å². The van der Waals surface area contributed by atoms with Crippen LogP contribution in [-0.2, 0) is 0 Å². The number of benzene rings is 1. The monoisotopic (exact) mass is 490 g/mol. The Morgan fingerprint density at radius 2 is 1.39 bits per heavy atom. The SMILES string of the molecule is O=C(Nc1ccc(N2CCCN(C(=O)c3ccco3)CC2)c(C(=O)N2CCCCC2)c1)c1ccco1. The molecule has 0 atom stereocenters. The average Bonchev–Trinajstić information content (AvgIpc) is 3.60. The van der Waals surface area contributed by atoms with Gasteiger partial charge < -0.3 is 28.9 Å². The average molecular weight is 491 g/mol. The summed E-state index contributed by atoms with van der Waals surface area (Å²) in [6, 6.07) is 12.1. The Kier molecular flexibility index (Phi) is 7.06. The molecule has 9 nitrogen and oxygen atoms in total. The molecule has 1 aromatic carbocycles. The zero-order chi connectivity index (χ0) is 24.9. The summed E-state index contributed by atoms with van der Waals surface area (Å²) >= 11 is 0. The van der Waals surface area contributed by atoms with Gasteiger partial charge in [0.15, 0.2) is 11.5 Å². The lowest BCUT2D eigenvalue weighted by atomic mass is 10.1. The first-order valence-electron chi connectivity index (χ1n) is 12.5. The Bertz CT molecular complexity index is 1200. The molecule has 3 amide bonds. The first kappa shape index (κ1) is 23.7. The van der Waals surface area contributed by atoms with Gasteiger partial charge in [0.2, 0.25) is 0 Å². The molecule has 9 heteroatoms. The lowest BCUT2D eigenvalue weighted by Gasteiger charge is -2.30. The number of carbonyl (C=O) groups is 3. The summed E-state index contributed by atoms with van der Waals surface area (Å²) in [4.78, 5) is 44.8. The van der Waals surface area contributed by atoms with Gasteiger partial charge in [0.05, 0.1) is 18.1 Å². The molecule has 5 rings (SSSR count). The highest BCUT2D eigenvalue weighted by Crippen LogP contribution is 2.28. The number of hydrogen-bond acceptors (Lipinski definition) is 6. The molecule has 0 bridgehead atoms. The molecule has 4 heterocycles. The van der Waals surface area contributed by atoms with Crippen LogP contribution in [0, 0.1) is 0 Å². The molecule has 2 aliphatic heterocycles. The van der Waals surface area contributed by atoms with E-state index in [1.54, 1.807) is 41.3 Å². The molecular formula is C27H30N4O5. The summed E-state index contributed by atoms with van der Waals surface area (Å²) in [6.45, 7) is 3.89. The number of furan rings is 2. The second kappa shape index (κ2) is 10.7. The van der Waals surface area contributed by atoms with Gasteiger partial charge in [-0.25, -0.2) is 0 Å². The molecule has 2 fully saturated rings. The molecule has 188 valence electrons. The van der Waals surface area contributed by atoms with Crippen LogP contribution in [0.3, 0.4) is 0 Å². The highest BCUT2D eigenvalue weighted by molar-refractivity contribution is 6.05. The first-order chi connectivity index (χ1) is 17.6. The summed E-state index contributed by atoms with van der Waals surface area (Å²) in [6.07, 6.45) is 6.82. The predicted octanol–water partition coefficient (Wildman–Crippen LogP) is 4.10. The molecule has 0 unspecified atom stereocenters. The van der Waals surface area contributed by atoms with Crippen LogP contribution in [0.5, 0.6) is 0 Å². The maximum Gasteiger partial charge on any atom is 0.291 e. The van der Waals surface area contributed by atoms with E-state index < -0.39 is 0 Å². The maximum absolute atomic E-state index is 13.6. The topological polar surface area (TPSA) is 99.2 Å². The highest BCUT2D eigenvalue weighted by atomic mass is 16.3. The smallest absolute Gasteiger partial charge is 0.291 e. The normalized spacial score (nSPS) is 16.5. The minimum Gasteiger partial charge on any atom is -0.459 e. The molecule has 0 radical (unpaired) electrons. The van der Waals surface area contributed by atoms with Crippen molar-refractivity contribution in [2.75, 3.05) is 49.5 Å². The van der Waals surface area contributed by atoms with Crippen molar-refractivity contribution in [2.24, 2.45) is 0 Å². The summed E-state index contributed by atoms with van der Waals surface area (Å²) in [7, 11) is 0. The quantitative estimate of drug-likeness (QED) is 0.578. The van der Waals surface area contributed by atoms with Crippen LogP contribution in [0.1, 0.15) is 57.2 Å². The van der Waals surface area contributed by atoms with E-state index in [1.807, 2.05) is 11.0 Å². The van der Waals surface area contributed by atoms with Gasteiger partial charge in [0.1, 0.15) is 0 Å². The number of carbonyl (C=O) groups excluding carboxylic acids is 3. The van der Waals surface area contributed by atoms with E-state index >= 15 is 0 Å². The third-order valence-electron chi connectivity index (χ3n) is 6.73. The van der Waals surface area contributed by atoms with Crippen molar-refractivity contribution in [3.8, 4) is 0 Å². The fourth-order valence-electron chi connectivity index (χ4n) is 4.85. The zero-order valence-electron chi connectivity index (χ0n) is 20.2. The summed E-state index contributed by atoms with van der Waals surface area (Å²) in [5.74, 6) is 0.0119. The molecule has 36 heavy (non-hydrogen) atoms. The second-order valence-corrected chi connectivity index (χ2v) is 9.13. The molecule has 2 aliphatic rings. The second-order valence-electron chi connectivity index (χ2n) is 9.13. The van der Waals surface area contributed by atoms with Crippen molar-refractivity contribution in [1.29, 1.82) is 0 Å². The molecule has 0 spiro atoms. The van der Waals surface area contributed by atoms with Crippen molar-refractivity contribution in [1.82, 2.24) is 9.80 Å². The molecule has 0 aliphatic carbocycles. The minimum absolute atomic E-state index is 0.0356. The van der Waals surface area contributed by atoms with Crippen molar-refractivity contribution >= 4 is 29.1 Å². The third-order valence-corrected chi connectivity index (χ3v) is 6.73. The Hall–Kier alpha value is -4.01. The largest absolute Gasteiger partial charge is 0.459 e. The summed E-state index contributed by atoms with van der Waals surface area (Å²) in [5, 5.41) is 2.84. The zero-order valence-corrected chi connectivity index (χ0v) is 20.2. The van der Waals surface area contributed by atoms with Gasteiger partial charge in [-0.15, -0.1) is 0 Å². The standard InChI is InChI=1S/C27H30N4O5/c32-25(23-7-4-17-35-23)28-20-9-10-22(21(19-20)26(33)30-11-2-1-3-12-30)29-13-6-14-31(16-15-29)27(34)24-8-5-18-36-24/h4-5,7-10,17-19H,1-3,6,11-16H2,(H,28,32). The first-order valence-corrected chi connectivity index (χ1v) is 12.5. The van der Waals surface area contributed by atoms with Crippen molar-refractivity contribution < 1.29 is 23.2 Å². The van der Waals surface area contributed by atoms with Gasteiger partial charge in [0, 0.05) is 50.6 Å². The molecule has 2 saturated heterocycles. The third kappa shape index (κ3) is 5.15. The van der Waals surface area contributed by atoms with Gasteiger partial charge in [-0.1, -0.05) is 0 Å². The van der Waals surface area contributed by atoms with E-state index in [4.69, 9.17) is 8.83 Å². The Labute approximate surface area is 209 Å².